The minimum absolute atomic E-state index is 0.00870. The van der Waals surface area contributed by atoms with Crippen LogP contribution in [0.2, 0.25) is 0 Å². The molecule has 1 aromatic heterocycles. The number of imidazole rings is 1. The molecule has 17 heavy (non-hydrogen) atoms. The van der Waals surface area contributed by atoms with Gasteiger partial charge in [0.05, 0.1) is 6.20 Å². The van der Waals surface area contributed by atoms with Crippen LogP contribution in [0.25, 0.3) is 0 Å². The topological polar surface area (TPSA) is 57.8 Å². The number of aryl methyl sites for hydroxylation is 1. The molecular formula is C13H19N3O. The highest BCUT2D eigenvalue weighted by Gasteiger charge is 2.39. The van der Waals surface area contributed by atoms with E-state index in [1.807, 2.05) is 6.92 Å². The molecule has 0 saturated heterocycles. The maximum atomic E-state index is 12.1. The Morgan fingerprint density at radius 1 is 1.41 bits per heavy atom. The largest absolute Gasteiger partial charge is 0.347 e. The van der Waals surface area contributed by atoms with Crippen molar-refractivity contribution in [3.05, 3.63) is 17.7 Å². The number of nitrogens with one attached hydrogen (secondary N) is 2. The predicted molar refractivity (Wildman–Crippen MR) is 64.6 cm³/mol. The molecule has 0 aliphatic heterocycles. The maximum Gasteiger partial charge on any atom is 0.269 e. The summed E-state index contributed by atoms with van der Waals surface area (Å²) in [4.78, 5) is 19.1. The Balaban J connectivity index is 1.65. The first-order valence-corrected chi connectivity index (χ1v) is 6.56. The van der Waals surface area contributed by atoms with Crippen molar-refractivity contribution in [1.29, 1.82) is 0 Å². The van der Waals surface area contributed by atoms with Crippen LogP contribution >= 0.6 is 0 Å². The average Bonchev–Trinajstić information content (AvgIpc) is 2.97. The van der Waals surface area contributed by atoms with Gasteiger partial charge in [0.15, 0.2) is 0 Å². The van der Waals surface area contributed by atoms with E-state index in [9.17, 15) is 4.79 Å². The SMILES string of the molecule is Cc1ncc(C(=O)NC(C2CCC2)C2CC2)[nH]1. The fraction of sp³-hybridized carbons (Fsp3) is 0.692. The number of hydrogen-bond donors (Lipinski definition) is 2. The lowest BCUT2D eigenvalue weighted by atomic mass is 9.78. The molecular weight excluding hydrogens is 214 g/mol. The first kappa shape index (κ1) is 10.8. The van der Waals surface area contributed by atoms with Crippen LogP contribution in [-0.4, -0.2) is 21.9 Å². The molecule has 0 aromatic carbocycles. The van der Waals surface area contributed by atoms with Gasteiger partial charge in [0.2, 0.25) is 0 Å². The van der Waals surface area contributed by atoms with Gasteiger partial charge in [-0.15, -0.1) is 0 Å². The van der Waals surface area contributed by atoms with Crippen molar-refractivity contribution in [2.45, 2.75) is 45.1 Å². The van der Waals surface area contributed by atoms with Gasteiger partial charge in [-0.25, -0.2) is 4.98 Å². The van der Waals surface area contributed by atoms with E-state index >= 15 is 0 Å². The molecule has 1 aromatic rings. The van der Waals surface area contributed by atoms with Gasteiger partial charge in [-0.1, -0.05) is 6.42 Å². The van der Waals surface area contributed by atoms with E-state index in [2.05, 4.69) is 15.3 Å². The minimum atomic E-state index is 0.00870. The maximum absolute atomic E-state index is 12.1. The highest BCUT2D eigenvalue weighted by Crippen LogP contribution is 2.42. The molecule has 4 nitrogen and oxygen atoms in total. The fourth-order valence-corrected chi connectivity index (χ4v) is 2.64. The van der Waals surface area contributed by atoms with Crippen LogP contribution in [0.3, 0.4) is 0 Å². The predicted octanol–water partition coefficient (Wildman–Crippen LogP) is 2.03. The van der Waals surface area contributed by atoms with E-state index in [1.165, 1.54) is 32.1 Å². The first-order chi connectivity index (χ1) is 8.24. The summed E-state index contributed by atoms with van der Waals surface area (Å²) >= 11 is 0. The molecule has 3 rings (SSSR count). The van der Waals surface area contributed by atoms with Crippen LogP contribution in [0.15, 0.2) is 6.20 Å². The van der Waals surface area contributed by atoms with Gasteiger partial charge in [0, 0.05) is 6.04 Å². The molecule has 1 atom stereocenters. The van der Waals surface area contributed by atoms with Gasteiger partial charge >= 0.3 is 0 Å². The molecule has 2 fully saturated rings. The van der Waals surface area contributed by atoms with E-state index in [-0.39, 0.29) is 5.91 Å². The van der Waals surface area contributed by atoms with E-state index in [0.717, 1.165) is 17.7 Å². The van der Waals surface area contributed by atoms with Gasteiger partial charge in [0.25, 0.3) is 5.91 Å². The Kier molecular flexibility index (Phi) is 2.65. The molecule has 1 heterocycles. The first-order valence-electron chi connectivity index (χ1n) is 6.56. The number of carbonyl (C=O) groups excluding carboxylic acids is 1. The molecule has 0 spiro atoms. The quantitative estimate of drug-likeness (QED) is 0.836. The van der Waals surface area contributed by atoms with Crippen LogP contribution in [0.5, 0.6) is 0 Å². The summed E-state index contributed by atoms with van der Waals surface area (Å²) in [5.74, 6) is 2.25. The van der Waals surface area contributed by atoms with Crippen molar-refractivity contribution >= 4 is 5.91 Å². The van der Waals surface area contributed by atoms with E-state index in [4.69, 9.17) is 0 Å². The average molecular weight is 233 g/mol. The molecule has 2 aliphatic rings. The number of aromatic nitrogens is 2. The zero-order chi connectivity index (χ0) is 11.8. The molecule has 2 aliphatic carbocycles. The standard InChI is InChI=1S/C13H19N3O/c1-8-14-7-11(15-8)13(17)16-12(10-5-6-10)9-3-2-4-9/h7,9-10,12H,2-6H2,1H3,(H,14,15)(H,16,17). The summed E-state index contributed by atoms with van der Waals surface area (Å²) in [5, 5.41) is 3.20. The van der Waals surface area contributed by atoms with Gasteiger partial charge in [-0.05, 0) is 44.4 Å². The van der Waals surface area contributed by atoms with Crippen molar-refractivity contribution in [1.82, 2.24) is 15.3 Å². The summed E-state index contributed by atoms with van der Waals surface area (Å²) < 4.78 is 0. The Hall–Kier alpha value is -1.32. The van der Waals surface area contributed by atoms with Gasteiger partial charge in [0.1, 0.15) is 11.5 Å². The molecule has 2 saturated carbocycles. The van der Waals surface area contributed by atoms with Crippen molar-refractivity contribution in [3.63, 3.8) is 0 Å². The third-order valence-electron chi connectivity index (χ3n) is 4.03. The van der Waals surface area contributed by atoms with Crippen molar-refractivity contribution in [2.24, 2.45) is 11.8 Å². The van der Waals surface area contributed by atoms with E-state index < -0.39 is 0 Å². The molecule has 1 amide bonds. The van der Waals surface area contributed by atoms with Crippen LogP contribution in [-0.2, 0) is 0 Å². The van der Waals surface area contributed by atoms with Gasteiger partial charge < -0.3 is 10.3 Å². The lowest BCUT2D eigenvalue weighted by Crippen LogP contribution is -2.44. The number of amides is 1. The number of nitrogens with zero attached hydrogens (tertiary/aromatic N) is 1. The van der Waals surface area contributed by atoms with E-state index in [0.29, 0.717) is 11.7 Å². The molecule has 0 radical (unpaired) electrons. The number of rotatable bonds is 4. The number of H-pyrrole nitrogens is 1. The Morgan fingerprint density at radius 2 is 2.12 bits per heavy atom. The van der Waals surface area contributed by atoms with Gasteiger partial charge in [-0.2, -0.15) is 0 Å². The second-order valence-electron chi connectivity index (χ2n) is 5.41. The third kappa shape index (κ3) is 2.21. The zero-order valence-corrected chi connectivity index (χ0v) is 10.2. The molecule has 2 N–H and O–H groups in total. The fourth-order valence-electron chi connectivity index (χ4n) is 2.64. The highest BCUT2D eigenvalue weighted by molar-refractivity contribution is 5.92. The lowest BCUT2D eigenvalue weighted by Gasteiger charge is -2.34. The third-order valence-corrected chi connectivity index (χ3v) is 4.03. The Bertz CT molecular complexity index is 418. The van der Waals surface area contributed by atoms with Crippen molar-refractivity contribution in [3.8, 4) is 0 Å². The summed E-state index contributed by atoms with van der Waals surface area (Å²) in [5.41, 5.74) is 0.590. The summed E-state index contributed by atoms with van der Waals surface area (Å²) in [6.07, 6.45) is 8.07. The second-order valence-corrected chi connectivity index (χ2v) is 5.41. The van der Waals surface area contributed by atoms with Crippen LogP contribution in [0, 0.1) is 18.8 Å². The number of hydrogen-bond acceptors (Lipinski definition) is 2. The van der Waals surface area contributed by atoms with Crippen LogP contribution in [0.4, 0.5) is 0 Å². The molecule has 4 heteroatoms. The lowest BCUT2D eigenvalue weighted by molar-refractivity contribution is 0.0884. The highest BCUT2D eigenvalue weighted by atomic mass is 16.2. The summed E-state index contributed by atoms with van der Waals surface area (Å²) in [7, 11) is 0. The van der Waals surface area contributed by atoms with Crippen molar-refractivity contribution in [2.75, 3.05) is 0 Å². The monoisotopic (exact) mass is 233 g/mol. The second kappa shape index (κ2) is 4.17. The smallest absolute Gasteiger partial charge is 0.269 e. The number of aromatic amines is 1. The Morgan fingerprint density at radius 3 is 2.59 bits per heavy atom. The van der Waals surface area contributed by atoms with Crippen LogP contribution in [0.1, 0.15) is 48.4 Å². The number of carbonyl (C=O) groups is 1. The molecule has 92 valence electrons. The Labute approximate surface area is 101 Å². The molecule has 0 bridgehead atoms. The van der Waals surface area contributed by atoms with Crippen LogP contribution < -0.4 is 5.32 Å². The van der Waals surface area contributed by atoms with E-state index in [1.54, 1.807) is 6.20 Å². The van der Waals surface area contributed by atoms with Crippen molar-refractivity contribution < 1.29 is 4.79 Å². The summed E-state index contributed by atoms with van der Waals surface area (Å²) in [6, 6.07) is 0.403. The zero-order valence-electron chi connectivity index (χ0n) is 10.2. The molecule has 1 unspecified atom stereocenters. The van der Waals surface area contributed by atoms with Gasteiger partial charge in [-0.3, -0.25) is 4.79 Å². The minimum Gasteiger partial charge on any atom is -0.347 e. The normalized spacial score (nSPS) is 21.9. The summed E-state index contributed by atoms with van der Waals surface area (Å²) in [6.45, 7) is 1.86.